The molecule has 1 aliphatic heterocycles. The summed E-state index contributed by atoms with van der Waals surface area (Å²) in [6, 6.07) is 12.4. The highest BCUT2D eigenvalue weighted by molar-refractivity contribution is 5.94. The molecule has 2 aromatic rings. The second-order valence-electron chi connectivity index (χ2n) is 6.19. The highest BCUT2D eigenvalue weighted by Crippen LogP contribution is 2.28. The van der Waals surface area contributed by atoms with Crippen LogP contribution in [0.25, 0.3) is 0 Å². The Morgan fingerprint density at radius 2 is 1.95 bits per heavy atom. The van der Waals surface area contributed by atoms with Crippen LogP contribution in [0.4, 0.5) is 0 Å². The molecular formula is C19H22N2O. The number of carbonyl (C=O) groups is 1. The topological polar surface area (TPSA) is 33.2 Å². The fraction of sp³-hybridized carbons (Fsp3) is 0.368. The first-order valence-corrected chi connectivity index (χ1v) is 7.92. The molecule has 1 atom stereocenters. The first-order valence-electron chi connectivity index (χ1n) is 7.92. The van der Waals surface area contributed by atoms with Crippen LogP contribution >= 0.6 is 0 Å². The number of aromatic nitrogens is 1. The number of rotatable bonds is 2. The second kappa shape index (κ2) is 6.30. The maximum absolute atomic E-state index is 12.7. The molecule has 22 heavy (non-hydrogen) atoms. The third-order valence-electron chi connectivity index (χ3n) is 4.40. The van der Waals surface area contributed by atoms with Gasteiger partial charge in [-0.1, -0.05) is 29.8 Å². The number of carbonyl (C=O) groups excluding carboxylic acids is 1. The van der Waals surface area contributed by atoms with Crippen LogP contribution in [0, 0.1) is 13.8 Å². The number of pyridine rings is 1. The lowest BCUT2D eigenvalue weighted by Crippen LogP contribution is -2.39. The van der Waals surface area contributed by atoms with Crippen molar-refractivity contribution in [3.8, 4) is 0 Å². The lowest BCUT2D eigenvalue weighted by molar-refractivity contribution is 0.0707. The average Bonchev–Trinajstić information content (AvgIpc) is 2.55. The maximum Gasteiger partial charge on any atom is 0.253 e. The summed E-state index contributed by atoms with van der Waals surface area (Å²) in [6.45, 7) is 5.68. The van der Waals surface area contributed by atoms with Gasteiger partial charge >= 0.3 is 0 Å². The quantitative estimate of drug-likeness (QED) is 0.846. The van der Waals surface area contributed by atoms with Gasteiger partial charge in [0.2, 0.25) is 0 Å². The molecule has 1 aliphatic rings. The van der Waals surface area contributed by atoms with Crippen molar-refractivity contribution >= 4 is 5.91 Å². The van der Waals surface area contributed by atoms with E-state index in [1.807, 2.05) is 24.0 Å². The SMILES string of the molecule is Cc1ccc([C@@H]2CCCN(C(=O)c3ccnc(C)c3)C2)cc1. The number of hydrogen-bond acceptors (Lipinski definition) is 2. The van der Waals surface area contributed by atoms with Crippen molar-refractivity contribution in [2.45, 2.75) is 32.6 Å². The van der Waals surface area contributed by atoms with E-state index in [2.05, 4.69) is 36.2 Å². The molecule has 0 spiro atoms. The van der Waals surface area contributed by atoms with Gasteiger partial charge < -0.3 is 4.90 Å². The average molecular weight is 294 g/mol. The van der Waals surface area contributed by atoms with E-state index in [0.29, 0.717) is 5.92 Å². The first-order chi connectivity index (χ1) is 10.6. The van der Waals surface area contributed by atoms with Crippen molar-refractivity contribution in [1.29, 1.82) is 0 Å². The van der Waals surface area contributed by atoms with E-state index in [-0.39, 0.29) is 5.91 Å². The maximum atomic E-state index is 12.7. The third-order valence-corrected chi connectivity index (χ3v) is 4.40. The Hall–Kier alpha value is -2.16. The Morgan fingerprint density at radius 3 is 2.68 bits per heavy atom. The zero-order valence-corrected chi connectivity index (χ0v) is 13.2. The molecule has 0 aliphatic carbocycles. The van der Waals surface area contributed by atoms with Crippen molar-refractivity contribution in [2.75, 3.05) is 13.1 Å². The van der Waals surface area contributed by atoms with Gasteiger partial charge in [0.15, 0.2) is 0 Å². The number of amides is 1. The fourth-order valence-corrected chi connectivity index (χ4v) is 3.13. The Kier molecular flexibility index (Phi) is 4.23. The van der Waals surface area contributed by atoms with Crippen LogP contribution in [0.5, 0.6) is 0 Å². The molecule has 1 fully saturated rings. The Bertz CT molecular complexity index is 663. The minimum absolute atomic E-state index is 0.127. The zero-order chi connectivity index (χ0) is 15.5. The molecule has 114 valence electrons. The molecule has 0 unspecified atom stereocenters. The number of benzene rings is 1. The van der Waals surface area contributed by atoms with Crippen LogP contribution < -0.4 is 0 Å². The zero-order valence-electron chi connectivity index (χ0n) is 13.2. The lowest BCUT2D eigenvalue weighted by atomic mass is 9.90. The lowest BCUT2D eigenvalue weighted by Gasteiger charge is -2.33. The van der Waals surface area contributed by atoms with Gasteiger partial charge in [0.05, 0.1) is 0 Å². The Balaban J connectivity index is 1.75. The molecule has 3 rings (SSSR count). The molecule has 3 heteroatoms. The summed E-state index contributed by atoms with van der Waals surface area (Å²) in [5, 5.41) is 0. The van der Waals surface area contributed by atoms with Crippen LogP contribution in [0.3, 0.4) is 0 Å². The largest absolute Gasteiger partial charge is 0.338 e. The van der Waals surface area contributed by atoms with Gasteiger partial charge in [0.1, 0.15) is 0 Å². The van der Waals surface area contributed by atoms with Crippen molar-refractivity contribution < 1.29 is 4.79 Å². The van der Waals surface area contributed by atoms with E-state index in [4.69, 9.17) is 0 Å². The van der Waals surface area contributed by atoms with E-state index < -0.39 is 0 Å². The van der Waals surface area contributed by atoms with E-state index in [1.165, 1.54) is 11.1 Å². The summed E-state index contributed by atoms with van der Waals surface area (Å²) >= 11 is 0. The number of aryl methyl sites for hydroxylation is 2. The summed E-state index contributed by atoms with van der Waals surface area (Å²) in [5.41, 5.74) is 4.25. The Morgan fingerprint density at radius 1 is 1.18 bits per heavy atom. The summed E-state index contributed by atoms with van der Waals surface area (Å²) in [7, 11) is 0. The number of nitrogens with zero attached hydrogens (tertiary/aromatic N) is 2. The van der Waals surface area contributed by atoms with Crippen LogP contribution in [0.2, 0.25) is 0 Å². The summed E-state index contributed by atoms with van der Waals surface area (Å²) in [6.07, 6.45) is 3.93. The molecule has 2 heterocycles. The monoisotopic (exact) mass is 294 g/mol. The molecular weight excluding hydrogens is 272 g/mol. The number of hydrogen-bond donors (Lipinski definition) is 0. The van der Waals surface area contributed by atoms with Gasteiger partial charge in [-0.05, 0) is 44.4 Å². The van der Waals surface area contributed by atoms with E-state index >= 15 is 0 Å². The van der Waals surface area contributed by atoms with Crippen molar-refractivity contribution in [3.63, 3.8) is 0 Å². The molecule has 0 N–H and O–H groups in total. The van der Waals surface area contributed by atoms with Crippen molar-refractivity contribution in [3.05, 3.63) is 65.0 Å². The van der Waals surface area contributed by atoms with Crippen LogP contribution in [-0.2, 0) is 0 Å². The van der Waals surface area contributed by atoms with Crippen molar-refractivity contribution in [1.82, 2.24) is 9.88 Å². The van der Waals surface area contributed by atoms with Gasteiger partial charge in [-0.25, -0.2) is 0 Å². The minimum Gasteiger partial charge on any atom is -0.338 e. The minimum atomic E-state index is 0.127. The van der Waals surface area contributed by atoms with Gasteiger partial charge in [0.25, 0.3) is 5.91 Å². The predicted molar refractivity (Wildman–Crippen MR) is 88.0 cm³/mol. The molecule has 0 bridgehead atoms. The van der Waals surface area contributed by atoms with Gasteiger partial charge in [-0.3, -0.25) is 9.78 Å². The van der Waals surface area contributed by atoms with Gasteiger partial charge in [0, 0.05) is 36.5 Å². The molecule has 3 nitrogen and oxygen atoms in total. The molecule has 0 saturated carbocycles. The van der Waals surface area contributed by atoms with Crippen LogP contribution in [-0.4, -0.2) is 28.9 Å². The third kappa shape index (κ3) is 3.19. The highest BCUT2D eigenvalue weighted by atomic mass is 16.2. The van der Waals surface area contributed by atoms with Crippen LogP contribution in [0.15, 0.2) is 42.6 Å². The summed E-state index contributed by atoms with van der Waals surface area (Å²) in [4.78, 5) is 18.8. The van der Waals surface area contributed by atoms with Gasteiger partial charge in [-0.2, -0.15) is 0 Å². The summed E-state index contributed by atoms with van der Waals surface area (Å²) < 4.78 is 0. The molecule has 0 radical (unpaired) electrons. The summed E-state index contributed by atoms with van der Waals surface area (Å²) in [5.74, 6) is 0.573. The van der Waals surface area contributed by atoms with Gasteiger partial charge in [-0.15, -0.1) is 0 Å². The highest BCUT2D eigenvalue weighted by Gasteiger charge is 2.25. The molecule has 1 aromatic carbocycles. The standard InChI is InChI=1S/C19H22N2O/c1-14-5-7-16(8-6-14)18-4-3-11-21(13-18)19(22)17-9-10-20-15(2)12-17/h5-10,12,18H,3-4,11,13H2,1-2H3/t18-/m1/s1. The number of piperidine rings is 1. The van der Waals surface area contributed by atoms with Crippen molar-refractivity contribution in [2.24, 2.45) is 0 Å². The Labute approximate surface area is 132 Å². The van der Waals surface area contributed by atoms with E-state index in [1.54, 1.807) is 6.20 Å². The molecule has 1 amide bonds. The normalized spacial score (nSPS) is 18.3. The fourth-order valence-electron chi connectivity index (χ4n) is 3.13. The first kappa shape index (κ1) is 14.8. The molecule has 1 aromatic heterocycles. The van der Waals surface area contributed by atoms with E-state index in [0.717, 1.165) is 37.2 Å². The molecule has 1 saturated heterocycles. The predicted octanol–water partition coefficient (Wildman–Crippen LogP) is 3.72. The second-order valence-corrected chi connectivity index (χ2v) is 6.19. The smallest absolute Gasteiger partial charge is 0.253 e. The van der Waals surface area contributed by atoms with E-state index in [9.17, 15) is 4.79 Å². The number of likely N-dealkylation sites (tertiary alicyclic amines) is 1. The van der Waals surface area contributed by atoms with Crippen LogP contribution in [0.1, 0.15) is 45.9 Å².